The molecular formula is C20H27N5O2. The van der Waals surface area contributed by atoms with Crippen molar-refractivity contribution in [1.29, 1.82) is 0 Å². The van der Waals surface area contributed by atoms with Gasteiger partial charge in [-0.3, -0.25) is 4.98 Å². The van der Waals surface area contributed by atoms with Gasteiger partial charge in [0.1, 0.15) is 12.4 Å². The molecule has 0 spiro atoms. The van der Waals surface area contributed by atoms with Crippen LogP contribution in [0.25, 0.3) is 0 Å². The molecule has 0 aromatic carbocycles. The first kappa shape index (κ1) is 19.1. The Hall–Kier alpha value is -2.70. The predicted molar refractivity (Wildman–Crippen MR) is 103 cm³/mol. The first-order chi connectivity index (χ1) is 13.2. The highest BCUT2D eigenvalue weighted by atomic mass is 16.5. The van der Waals surface area contributed by atoms with Crippen molar-refractivity contribution in [3.63, 3.8) is 0 Å². The number of anilines is 1. The molecule has 3 heterocycles. The summed E-state index contributed by atoms with van der Waals surface area (Å²) < 4.78 is 7.30. The average molecular weight is 369 g/mol. The van der Waals surface area contributed by atoms with Crippen molar-refractivity contribution in [2.75, 3.05) is 11.9 Å². The summed E-state index contributed by atoms with van der Waals surface area (Å²) in [6.45, 7) is 4.51. The number of nitrogens with one attached hydrogen (secondary N) is 1. The Morgan fingerprint density at radius 2 is 1.93 bits per heavy atom. The van der Waals surface area contributed by atoms with Crippen LogP contribution in [0.3, 0.4) is 0 Å². The summed E-state index contributed by atoms with van der Waals surface area (Å²) in [5, 5.41) is 7.45. The Morgan fingerprint density at radius 1 is 1.19 bits per heavy atom. The van der Waals surface area contributed by atoms with Gasteiger partial charge in [-0.15, -0.1) is 0 Å². The molecule has 1 atom stereocenters. The second-order valence-corrected chi connectivity index (χ2v) is 6.78. The van der Waals surface area contributed by atoms with E-state index in [1.165, 1.54) is 32.0 Å². The van der Waals surface area contributed by atoms with Gasteiger partial charge in [0, 0.05) is 18.1 Å². The molecule has 7 heteroatoms. The maximum atomic E-state index is 12.9. The van der Waals surface area contributed by atoms with Crippen LogP contribution in [0.1, 0.15) is 64.0 Å². The van der Waals surface area contributed by atoms with E-state index in [1.54, 1.807) is 17.1 Å². The molecule has 2 aromatic rings. The van der Waals surface area contributed by atoms with Crippen LogP contribution in [0.5, 0.6) is 0 Å². The van der Waals surface area contributed by atoms with Crippen molar-refractivity contribution >= 4 is 11.9 Å². The van der Waals surface area contributed by atoms with E-state index >= 15 is 0 Å². The molecule has 27 heavy (non-hydrogen) atoms. The van der Waals surface area contributed by atoms with Crippen LogP contribution in [-0.4, -0.2) is 32.3 Å². The van der Waals surface area contributed by atoms with E-state index in [9.17, 15) is 4.79 Å². The first-order valence-corrected chi connectivity index (χ1v) is 9.66. The van der Waals surface area contributed by atoms with E-state index in [0.29, 0.717) is 18.1 Å². The molecule has 3 rings (SSSR count). The Morgan fingerprint density at radius 3 is 2.70 bits per heavy atom. The van der Waals surface area contributed by atoms with Crippen molar-refractivity contribution in [1.82, 2.24) is 19.7 Å². The molecule has 1 unspecified atom stereocenters. The number of unbranched alkanes of at least 4 members (excludes halogenated alkanes) is 5. The van der Waals surface area contributed by atoms with Gasteiger partial charge >= 0.3 is 5.97 Å². The van der Waals surface area contributed by atoms with Gasteiger partial charge in [-0.25, -0.2) is 9.48 Å². The van der Waals surface area contributed by atoms with E-state index < -0.39 is 0 Å². The van der Waals surface area contributed by atoms with Gasteiger partial charge in [-0.1, -0.05) is 39.0 Å². The number of pyridine rings is 1. The number of fused-ring (bicyclic) bond motifs is 1. The molecule has 0 aliphatic carbocycles. The highest BCUT2D eigenvalue weighted by molar-refractivity contribution is 5.92. The molecule has 1 N–H and O–H groups in total. The van der Waals surface area contributed by atoms with Gasteiger partial charge in [-0.05, 0) is 31.0 Å². The topological polar surface area (TPSA) is 81.9 Å². The number of rotatable bonds is 9. The van der Waals surface area contributed by atoms with Gasteiger partial charge < -0.3 is 10.1 Å². The molecule has 144 valence electrons. The van der Waals surface area contributed by atoms with Crippen molar-refractivity contribution < 1.29 is 9.53 Å². The fourth-order valence-electron chi connectivity index (χ4n) is 3.33. The number of hydrogen-bond acceptors (Lipinski definition) is 6. The standard InChI is InChI=1S/C20H27N5O2/c1-3-4-5-6-7-8-13-27-19(26)17-15(2)24-20-22-14-23-25(20)18(17)16-9-11-21-12-10-16/h9-12,14,18H,3-8,13H2,1-2H3,(H,22,23,24). The Kier molecular flexibility index (Phi) is 6.57. The van der Waals surface area contributed by atoms with Crippen molar-refractivity contribution in [2.45, 2.75) is 58.4 Å². The fraction of sp³-hybridized carbons (Fsp3) is 0.500. The Balaban J connectivity index is 1.69. The van der Waals surface area contributed by atoms with Crippen LogP contribution < -0.4 is 5.32 Å². The van der Waals surface area contributed by atoms with Crippen LogP contribution >= 0.6 is 0 Å². The Bertz CT molecular complexity index is 785. The number of allylic oxidation sites excluding steroid dienone is 1. The fourth-order valence-corrected chi connectivity index (χ4v) is 3.33. The van der Waals surface area contributed by atoms with E-state index in [-0.39, 0.29) is 12.0 Å². The lowest BCUT2D eigenvalue weighted by molar-refractivity contribution is -0.139. The monoisotopic (exact) mass is 369 g/mol. The Labute approximate surface area is 159 Å². The van der Waals surface area contributed by atoms with E-state index in [0.717, 1.165) is 24.1 Å². The van der Waals surface area contributed by atoms with Crippen LogP contribution in [0.2, 0.25) is 0 Å². The van der Waals surface area contributed by atoms with Gasteiger partial charge in [0.25, 0.3) is 0 Å². The quantitative estimate of drug-likeness (QED) is 0.534. The third kappa shape index (κ3) is 4.53. The van der Waals surface area contributed by atoms with Gasteiger partial charge in [0.15, 0.2) is 0 Å². The number of esters is 1. The van der Waals surface area contributed by atoms with Gasteiger partial charge in [-0.2, -0.15) is 10.1 Å². The van der Waals surface area contributed by atoms with Gasteiger partial charge in [0.05, 0.1) is 12.2 Å². The van der Waals surface area contributed by atoms with E-state index in [4.69, 9.17) is 4.74 Å². The summed E-state index contributed by atoms with van der Waals surface area (Å²) in [6.07, 6.45) is 11.8. The molecule has 0 amide bonds. The zero-order valence-corrected chi connectivity index (χ0v) is 16.0. The summed E-state index contributed by atoms with van der Waals surface area (Å²) in [5.74, 6) is 0.304. The highest BCUT2D eigenvalue weighted by Gasteiger charge is 2.34. The third-order valence-electron chi connectivity index (χ3n) is 4.77. The molecule has 7 nitrogen and oxygen atoms in total. The van der Waals surface area contributed by atoms with Crippen molar-refractivity contribution in [3.8, 4) is 0 Å². The number of carbonyl (C=O) groups is 1. The lowest BCUT2D eigenvalue weighted by atomic mass is 9.96. The van der Waals surface area contributed by atoms with E-state index in [1.807, 2.05) is 19.1 Å². The molecule has 0 saturated carbocycles. The molecule has 0 fully saturated rings. The zero-order chi connectivity index (χ0) is 19.1. The highest BCUT2D eigenvalue weighted by Crippen LogP contribution is 2.34. The van der Waals surface area contributed by atoms with Crippen molar-refractivity contribution in [3.05, 3.63) is 47.7 Å². The average Bonchev–Trinajstić information content (AvgIpc) is 3.14. The second-order valence-electron chi connectivity index (χ2n) is 6.78. The molecule has 1 aliphatic heterocycles. The molecule has 2 aromatic heterocycles. The normalized spacial score (nSPS) is 16.0. The minimum absolute atomic E-state index is 0.309. The molecule has 0 radical (unpaired) electrons. The molecule has 0 bridgehead atoms. The minimum atomic E-state index is -0.371. The van der Waals surface area contributed by atoms with Crippen LogP contribution in [0.4, 0.5) is 5.95 Å². The van der Waals surface area contributed by atoms with Crippen LogP contribution in [0, 0.1) is 0 Å². The summed E-state index contributed by atoms with van der Waals surface area (Å²) in [4.78, 5) is 21.2. The lowest BCUT2D eigenvalue weighted by Crippen LogP contribution is -2.29. The smallest absolute Gasteiger partial charge is 0.338 e. The summed E-state index contributed by atoms with van der Waals surface area (Å²) >= 11 is 0. The summed E-state index contributed by atoms with van der Waals surface area (Å²) in [6, 6.07) is 3.40. The maximum absolute atomic E-state index is 12.9. The third-order valence-corrected chi connectivity index (χ3v) is 4.77. The van der Waals surface area contributed by atoms with Crippen LogP contribution in [0.15, 0.2) is 42.1 Å². The number of ether oxygens (including phenoxy) is 1. The van der Waals surface area contributed by atoms with E-state index in [2.05, 4.69) is 27.3 Å². The number of hydrogen-bond donors (Lipinski definition) is 1. The molecular weight excluding hydrogens is 342 g/mol. The van der Waals surface area contributed by atoms with Crippen molar-refractivity contribution in [2.24, 2.45) is 0 Å². The lowest BCUT2D eigenvalue weighted by Gasteiger charge is -2.28. The number of aromatic nitrogens is 4. The largest absolute Gasteiger partial charge is 0.462 e. The SMILES string of the molecule is CCCCCCCCOC(=O)C1=C(C)Nc2ncnn2C1c1ccncc1. The first-order valence-electron chi connectivity index (χ1n) is 9.66. The number of nitrogens with zero attached hydrogens (tertiary/aromatic N) is 4. The summed E-state index contributed by atoms with van der Waals surface area (Å²) in [7, 11) is 0. The van der Waals surface area contributed by atoms with Gasteiger partial charge in [0.2, 0.25) is 5.95 Å². The summed E-state index contributed by atoms with van der Waals surface area (Å²) in [5.41, 5.74) is 2.22. The molecule has 0 saturated heterocycles. The maximum Gasteiger partial charge on any atom is 0.338 e. The zero-order valence-electron chi connectivity index (χ0n) is 16.0. The predicted octanol–water partition coefficient (Wildman–Crippen LogP) is 3.87. The molecule has 1 aliphatic rings. The van der Waals surface area contributed by atoms with Crippen LogP contribution in [-0.2, 0) is 9.53 Å². The number of carbonyl (C=O) groups excluding carboxylic acids is 1. The minimum Gasteiger partial charge on any atom is -0.462 e. The second kappa shape index (κ2) is 9.30.